The quantitative estimate of drug-likeness (QED) is 0.746. The van der Waals surface area contributed by atoms with Gasteiger partial charge in [0.2, 0.25) is 0 Å². The van der Waals surface area contributed by atoms with Gasteiger partial charge in [0.25, 0.3) is 0 Å². The third kappa shape index (κ3) is 2.60. The average molecular weight is 253 g/mol. The molecule has 2 saturated carbocycles. The molecule has 0 aliphatic heterocycles. The molecule has 0 heterocycles. The lowest BCUT2D eigenvalue weighted by molar-refractivity contribution is -0.146. The van der Waals surface area contributed by atoms with Crippen molar-refractivity contribution >= 4 is 0 Å². The molecular weight excluding hydrogens is 222 g/mol. The molecule has 2 rings (SSSR count). The lowest BCUT2D eigenvalue weighted by Crippen LogP contribution is -2.63. The van der Waals surface area contributed by atoms with Gasteiger partial charge in [-0.2, -0.15) is 0 Å². The first-order chi connectivity index (χ1) is 8.76. The highest BCUT2D eigenvalue weighted by Gasteiger charge is 2.52. The van der Waals surface area contributed by atoms with Crippen LogP contribution in [0.1, 0.15) is 65.7 Å². The normalized spacial score (nSPS) is 31.5. The van der Waals surface area contributed by atoms with Gasteiger partial charge in [-0.05, 0) is 44.6 Å². The third-order valence-electron chi connectivity index (χ3n) is 5.56. The van der Waals surface area contributed by atoms with Crippen molar-refractivity contribution in [2.75, 3.05) is 13.2 Å². The zero-order chi connectivity index (χ0) is 13.0. The molecule has 2 nitrogen and oxygen atoms in total. The van der Waals surface area contributed by atoms with E-state index in [1.807, 2.05) is 0 Å². The van der Waals surface area contributed by atoms with Crippen molar-refractivity contribution in [2.45, 2.75) is 77.9 Å². The van der Waals surface area contributed by atoms with Crippen LogP contribution in [0.5, 0.6) is 0 Å². The van der Waals surface area contributed by atoms with Crippen LogP contribution in [-0.4, -0.2) is 25.3 Å². The van der Waals surface area contributed by atoms with Crippen LogP contribution in [0.4, 0.5) is 0 Å². The van der Waals surface area contributed by atoms with Gasteiger partial charge in [0.1, 0.15) is 0 Å². The fourth-order valence-electron chi connectivity index (χ4n) is 4.14. The lowest BCUT2D eigenvalue weighted by atomic mass is 9.58. The van der Waals surface area contributed by atoms with Gasteiger partial charge in [-0.25, -0.2) is 0 Å². The van der Waals surface area contributed by atoms with Crippen molar-refractivity contribution < 1.29 is 4.74 Å². The highest BCUT2D eigenvalue weighted by Crippen LogP contribution is 2.49. The third-order valence-corrected chi connectivity index (χ3v) is 5.56. The Hall–Kier alpha value is -0.0800. The van der Waals surface area contributed by atoms with Crippen LogP contribution >= 0.6 is 0 Å². The minimum absolute atomic E-state index is 0.411. The van der Waals surface area contributed by atoms with Crippen molar-refractivity contribution in [3.63, 3.8) is 0 Å². The number of hydrogen-bond donors (Lipinski definition) is 1. The summed E-state index contributed by atoms with van der Waals surface area (Å²) < 4.78 is 6.30. The van der Waals surface area contributed by atoms with Crippen molar-refractivity contribution in [3.05, 3.63) is 0 Å². The van der Waals surface area contributed by atoms with Crippen molar-refractivity contribution in [3.8, 4) is 0 Å². The molecule has 2 aliphatic rings. The summed E-state index contributed by atoms with van der Waals surface area (Å²) in [5.74, 6) is 0.856. The average Bonchev–Trinajstić information content (AvgIpc) is 2.87. The van der Waals surface area contributed by atoms with Crippen LogP contribution in [0.25, 0.3) is 0 Å². The molecule has 0 aromatic carbocycles. The van der Waals surface area contributed by atoms with E-state index in [4.69, 9.17) is 4.74 Å². The van der Waals surface area contributed by atoms with E-state index in [1.165, 1.54) is 44.9 Å². The smallest absolute Gasteiger partial charge is 0.0661 e. The fourth-order valence-corrected chi connectivity index (χ4v) is 4.14. The molecule has 2 atom stereocenters. The van der Waals surface area contributed by atoms with Gasteiger partial charge in [0, 0.05) is 18.1 Å². The number of nitrogens with one attached hydrogen (secondary N) is 1. The van der Waals surface area contributed by atoms with Crippen LogP contribution in [0.2, 0.25) is 0 Å². The molecule has 1 N–H and O–H groups in total. The van der Waals surface area contributed by atoms with E-state index in [1.54, 1.807) is 0 Å². The van der Waals surface area contributed by atoms with Gasteiger partial charge < -0.3 is 10.1 Å². The van der Waals surface area contributed by atoms with Gasteiger partial charge in [-0.3, -0.25) is 0 Å². The molecule has 2 unspecified atom stereocenters. The second-order valence-corrected chi connectivity index (χ2v) is 6.26. The summed E-state index contributed by atoms with van der Waals surface area (Å²) in [6, 6.07) is 0.686. The van der Waals surface area contributed by atoms with E-state index < -0.39 is 0 Å². The summed E-state index contributed by atoms with van der Waals surface area (Å²) in [4.78, 5) is 0. The molecule has 0 bridgehead atoms. The summed E-state index contributed by atoms with van der Waals surface area (Å²) in [5.41, 5.74) is 0.411. The molecule has 0 spiro atoms. The zero-order valence-electron chi connectivity index (χ0n) is 12.5. The Labute approximate surface area is 113 Å². The molecule has 18 heavy (non-hydrogen) atoms. The van der Waals surface area contributed by atoms with Crippen LogP contribution < -0.4 is 5.32 Å². The molecule has 2 heteroatoms. The standard InChI is InChI=1S/C16H31NO/c1-4-16(5-2)14(17-6-3)11-15(16)18-12-13-9-7-8-10-13/h13-15,17H,4-12H2,1-3H3. The minimum atomic E-state index is 0.411. The Morgan fingerprint density at radius 2 is 1.78 bits per heavy atom. The zero-order valence-corrected chi connectivity index (χ0v) is 12.5. The Balaban J connectivity index is 1.84. The summed E-state index contributed by atoms with van der Waals surface area (Å²) in [6.45, 7) is 8.98. The molecule has 0 amide bonds. The predicted molar refractivity (Wildman–Crippen MR) is 76.8 cm³/mol. The fraction of sp³-hybridized carbons (Fsp3) is 1.00. The molecule has 2 aliphatic carbocycles. The Morgan fingerprint density at radius 1 is 1.11 bits per heavy atom. The largest absolute Gasteiger partial charge is 0.377 e. The Bertz CT molecular complexity index is 243. The first-order valence-electron chi connectivity index (χ1n) is 8.11. The van der Waals surface area contributed by atoms with E-state index in [0.717, 1.165) is 19.1 Å². The lowest BCUT2D eigenvalue weighted by Gasteiger charge is -2.56. The Morgan fingerprint density at radius 3 is 2.33 bits per heavy atom. The van der Waals surface area contributed by atoms with Gasteiger partial charge >= 0.3 is 0 Å². The molecule has 106 valence electrons. The first kappa shape index (κ1) is 14.3. The molecule has 0 radical (unpaired) electrons. The maximum atomic E-state index is 6.30. The van der Waals surface area contributed by atoms with E-state index in [-0.39, 0.29) is 0 Å². The van der Waals surface area contributed by atoms with E-state index in [2.05, 4.69) is 26.1 Å². The number of ether oxygens (including phenoxy) is 1. The van der Waals surface area contributed by atoms with Crippen molar-refractivity contribution in [1.29, 1.82) is 0 Å². The van der Waals surface area contributed by atoms with E-state index in [0.29, 0.717) is 17.6 Å². The summed E-state index contributed by atoms with van der Waals surface area (Å²) in [7, 11) is 0. The van der Waals surface area contributed by atoms with E-state index >= 15 is 0 Å². The van der Waals surface area contributed by atoms with Crippen LogP contribution in [0.3, 0.4) is 0 Å². The molecular formula is C16H31NO. The number of rotatable bonds is 7. The van der Waals surface area contributed by atoms with Crippen LogP contribution in [0.15, 0.2) is 0 Å². The van der Waals surface area contributed by atoms with Gasteiger partial charge in [-0.15, -0.1) is 0 Å². The van der Waals surface area contributed by atoms with Crippen molar-refractivity contribution in [2.24, 2.45) is 11.3 Å². The van der Waals surface area contributed by atoms with Gasteiger partial charge in [0.05, 0.1) is 6.10 Å². The predicted octanol–water partition coefficient (Wildman–Crippen LogP) is 3.75. The Kier molecular flexibility index (Phi) is 5.08. The summed E-state index contributed by atoms with van der Waals surface area (Å²) in [6.07, 6.45) is 9.87. The molecule has 0 aromatic heterocycles. The van der Waals surface area contributed by atoms with Gasteiger partial charge in [0.15, 0.2) is 0 Å². The SMILES string of the molecule is CCNC1CC(OCC2CCCC2)C1(CC)CC. The number of hydrogen-bond acceptors (Lipinski definition) is 2. The molecule has 0 aromatic rings. The highest BCUT2D eigenvalue weighted by atomic mass is 16.5. The second-order valence-electron chi connectivity index (χ2n) is 6.26. The summed E-state index contributed by atoms with van der Waals surface area (Å²) >= 11 is 0. The topological polar surface area (TPSA) is 21.3 Å². The first-order valence-corrected chi connectivity index (χ1v) is 8.11. The van der Waals surface area contributed by atoms with E-state index in [9.17, 15) is 0 Å². The molecule has 0 saturated heterocycles. The summed E-state index contributed by atoms with van der Waals surface area (Å²) in [5, 5.41) is 3.65. The highest BCUT2D eigenvalue weighted by molar-refractivity contribution is 5.06. The minimum Gasteiger partial charge on any atom is -0.377 e. The van der Waals surface area contributed by atoms with Crippen LogP contribution in [-0.2, 0) is 4.74 Å². The maximum absolute atomic E-state index is 6.30. The van der Waals surface area contributed by atoms with Gasteiger partial charge in [-0.1, -0.05) is 33.6 Å². The molecule has 2 fully saturated rings. The maximum Gasteiger partial charge on any atom is 0.0661 e. The van der Waals surface area contributed by atoms with Crippen LogP contribution in [0, 0.1) is 11.3 Å². The van der Waals surface area contributed by atoms with Crippen molar-refractivity contribution in [1.82, 2.24) is 5.32 Å². The second kappa shape index (κ2) is 6.38. The monoisotopic (exact) mass is 253 g/mol.